The highest BCUT2D eigenvalue weighted by Gasteiger charge is 2.28. The van der Waals surface area contributed by atoms with Gasteiger partial charge in [-0.15, -0.1) is 0 Å². The van der Waals surface area contributed by atoms with E-state index in [0.29, 0.717) is 6.54 Å². The van der Waals surface area contributed by atoms with Gasteiger partial charge in [-0.05, 0) is 48.6 Å². The molecule has 8 nitrogen and oxygen atoms in total. The number of carbonyl (C=O) groups excluding carboxylic acids is 2. The molecule has 2 amide bonds. The predicted molar refractivity (Wildman–Crippen MR) is 124 cm³/mol. The third kappa shape index (κ3) is 6.19. The van der Waals surface area contributed by atoms with Crippen molar-refractivity contribution in [3.05, 3.63) is 69.0 Å². The van der Waals surface area contributed by atoms with E-state index >= 15 is 0 Å². The summed E-state index contributed by atoms with van der Waals surface area (Å²) in [4.78, 5) is 37.9. The van der Waals surface area contributed by atoms with Crippen LogP contribution in [0.25, 0.3) is 0 Å². The van der Waals surface area contributed by atoms with Gasteiger partial charge in [-0.25, -0.2) is 4.39 Å². The number of nitro groups is 1. The minimum atomic E-state index is -0.793. The summed E-state index contributed by atoms with van der Waals surface area (Å²) in [5, 5.41) is 16.4. The number of rotatable bonds is 8. The molecule has 0 spiro atoms. The smallest absolute Gasteiger partial charge is 0.270 e. The van der Waals surface area contributed by atoms with Crippen LogP contribution in [-0.4, -0.2) is 42.4 Å². The molecule has 0 bridgehead atoms. The van der Waals surface area contributed by atoms with E-state index in [0.717, 1.165) is 31.3 Å². The van der Waals surface area contributed by atoms with Gasteiger partial charge in [0.15, 0.2) is 0 Å². The summed E-state index contributed by atoms with van der Waals surface area (Å²) in [6, 6.07) is 9.11. The van der Waals surface area contributed by atoms with Gasteiger partial charge in [-0.1, -0.05) is 25.4 Å². The molecule has 2 aromatic carbocycles. The molecule has 2 aromatic rings. The Bertz CT molecular complexity index is 1030. The number of anilines is 1. The predicted octanol–water partition coefficient (Wildman–Crippen LogP) is 3.78. The number of halogens is 2. The van der Waals surface area contributed by atoms with Crippen LogP contribution in [0.2, 0.25) is 5.02 Å². The topological polar surface area (TPSA) is 105 Å². The first-order valence-corrected chi connectivity index (χ1v) is 11.1. The lowest BCUT2D eigenvalue weighted by Crippen LogP contribution is -2.50. The van der Waals surface area contributed by atoms with Crippen LogP contribution in [0.4, 0.5) is 15.8 Å². The van der Waals surface area contributed by atoms with Gasteiger partial charge in [0, 0.05) is 37.5 Å². The molecule has 2 unspecified atom stereocenters. The fourth-order valence-corrected chi connectivity index (χ4v) is 4.06. The number of hydrogen-bond acceptors (Lipinski definition) is 5. The first-order valence-electron chi connectivity index (χ1n) is 10.7. The molecule has 0 aliphatic carbocycles. The number of carbonyl (C=O) groups is 2. The van der Waals surface area contributed by atoms with Crippen LogP contribution < -0.4 is 15.5 Å². The van der Waals surface area contributed by atoms with Crippen molar-refractivity contribution in [2.45, 2.75) is 26.3 Å². The number of nitrogens with zero attached hydrogens (tertiary/aromatic N) is 2. The summed E-state index contributed by atoms with van der Waals surface area (Å²) >= 11 is 6.04. The highest BCUT2D eigenvalue weighted by molar-refractivity contribution is 6.34. The third-order valence-electron chi connectivity index (χ3n) is 5.69. The minimum absolute atomic E-state index is 0.0588. The number of benzene rings is 2. The van der Waals surface area contributed by atoms with E-state index in [2.05, 4.69) is 15.5 Å². The van der Waals surface area contributed by atoms with Crippen molar-refractivity contribution in [3.63, 3.8) is 0 Å². The van der Waals surface area contributed by atoms with Crippen LogP contribution >= 0.6 is 11.6 Å². The molecular formula is C23H26ClFN4O4. The van der Waals surface area contributed by atoms with Crippen LogP contribution in [0.3, 0.4) is 0 Å². The van der Waals surface area contributed by atoms with Crippen molar-refractivity contribution in [1.29, 1.82) is 0 Å². The molecule has 1 saturated heterocycles. The largest absolute Gasteiger partial charge is 0.371 e. The van der Waals surface area contributed by atoms with Gasteiger partial charge >= 0.3 is 0 Å². The summed E-state index contributed by atoms with van der Waals surface area (Å²) in [6.07, 6.45) is 0.884. The maximum Gasteiger partial charge on any atom is 0.270 e. The zero-order chi connectivity index (χ0) is 24.1. The average Bonchev–Trinajstić information content (AvgIpc) is 3.24. The standard InChI is InChI=1S/C23H26ClFN4O4/c1-14(2)21(27-22(30)19-8-7-18(29(32)33)11-20(19)24)23(31)26-12-15-9-10-28(13-15)17-5-3-16(25)4-6-17/h3-8,11,14-15,21H,9-10,12-13H2,1-2H3,(H,26,31)(H,27,30). The van der Waals surface area contributed by atoms with Gasteiger partial charge < -0.3 is 15.5 Å². The summed E-state index contributed by atoms with van der Waals surface area (Å²) < 4.78 is 13.1. The number of nitro benzene ring substituents is 1. The zero-order valence-electron chi connectivity index (χ0n) is 18.4. The van der Waals surface area contributed by atoms with Crippen LogP contribution in [0.1, 0.15) is 30.6 Å². The molecule has 0 aromatic heterocycles. The second-order valence-corrected chi connectivity index (χ2v) is 8.85. The lowest BCUT2D eigenvalue weighted by molar-refractivity contribution is -0.384. The average molecular weight is 477 g/mol. The lowest BCUT2D eigenvalue weighted by atomic mass is 10.0. The molecule has 2 atom stereocenters. The molecule has 0 radical (unpaired) electrons. The first kappa shape index (κ1) is 24.4. The van der Waals surface area contributed by atoms with Gasteiger partial charge in [0.05, 0.1) is 15.5 Å². The van der Waals surface area contributed by atoms with Crippen molar-refractivity contribution in [2.24, 2.45) is 11.8 Å². The van der Waals surface area contributed by atoms with Crippen LogP contribution in [0.15, 0.2) is 42.5 Å². The zero-order valence-corrected chi connectivity index (χ0v) is 19.1. The Labute approximate surface area is 196 Å². The molecular weight excluding hydrogens is 451 g/mol. The molecule has 1 aliphatic rings. The Morgan fingerprint density at radius 3 is 2.55 bits per heavy atom. The van der Waals surface area contributed by atoms with Gasteiger partial charge in [0.2, 0.25) is 5.91 Å². The Balaban J connectivity index is 1.56. The number of amides is 2. The van der Waals surface area contributed by atoms with E-state index in [1.807, 2.05) is 13.8 Å². The Hall–Kier alpha value is -3.20. The fraction of sp³-hybridized carbons (Fsp3) is 0.391. The minimum Gasteiger partial charge on any atom is -0.371 e. The normalized spacial score (nSPS) is 16.5. The van der Waals surface area contributed by atoms with Crippen LogP contribution in [0.5, 0.6) is 0 Å². The van der Waals surface area contributed by atoms with E-state index in [9.17, 15) is 24.1 Å². The van der Waals surface area contributed by atoms with Crippen molar-refractivity contribution < 1.29 is 18.9 Å². The van der Waals surface area contributed by atoms with E-state index in [1.54, 1.807) is 12.1 Å². The summed E-state index contributed by atoms with van der Waals surface area (Å²) in [5.41, 5.74) is 0.782. The fourth-order valence-electron chi connectivity index (χ4n) is 3.80. The van der Waals surface area contributed by atoms with E-state index in [-0.39, 0.29) is 39.8 Å². The number of nitrogens with one attached hydrogen (secondary N) is 2. The van der Waals surface area contributed by atoms with Crippen molar-refractivity contribution in [3.8, 4) is 0 Å². The number of hydrogen-bond donors (Lipinski definition) is 2. The Morgan fingerprint density at radius 2 is 1.94 bits per heavy atom. The Kier molecular flexibility index (Phi) is 7.86. The van der Waals surface area contributed by atoms with E-state index in [4.69, 9.17) is 11.6 Å². The molecule has 1 aliphatic heterocycles. The van der Waals surface area contributed by atoms with Crippen LogP contribution in [-0.2, 0) is 4.79 Å². The second kappa shape index (κ2) is 10.6. The highest BCUT2D eigenvalue weighted by Crippen LogP contribution is 2.24. The third-order valence-corrected chi connectivity index (χ3v) is 6.00. The monoisotopic (exact) mass is 476 g/mol. The summed E-state index contributed by atoms with van der Waals surface area (Å²) in [7, 11) is 0. The van der Waals surface area contributed by atoms with Crippen LogP contribution in [0, 0.1) is 27.8 Å². The van der Waals surface area contributed by atoms with Crippen molar-refractivity contribution in [1.82, 2.24) is 10.6 Å². The first-order chi connectivity index (χ1) is 15.7. The summed E-state index contributed by atoms with van der Waals surface area (Å²) in [6.45, 7) is 5.63. The molecule has 2 N–H and O–H groups in total. The maximum atomic E-state index is 13.1. The van der Waals surface area contributed by atoms with Crippen molar-refractivity contribution in [2.75, 3.05) is 24.5 Å². The van der Waals surface area contributed by atoms with E-state index in [1.165, 1.54) is 24.3 Å². The molecule has 33 heavy (non-hydrogen) atoms. The summed E-state index contributed by atoms with van der Waals surface area (Å²) in [5.74, 6) is -1.13. The second-order valence-electron chi connectivity index (χ2n) is 8.44. The molecule has 3 rings (SSSR count). The van der Waals surface area contributed by atoms with Gasteiger partial charge in [0.1, 0.15) is 11.9 Å². The Morgan fingerprint density at radius 1 is 1.24 bits per heavy atom. The quantitative estimate of drug-likeness (QED) is 0.445. The van der Waals surface area contributed by atoms with Gasteiger partial charge in [-0.2, -0.15) is 0 Å². The SMILES string of the molecule is CC(C)C(NC(=O)c1ccc([N+](=O)[O-])cc1Cl)C(=O)NCC1CCN(c2ccc(F)cc2)C1. The van der Waals surface area contributed by atoms with Crippen molar-refractivity contribution >= 4 is 34.8 Å². The van der Waals surface area contributed by atoms with E-state index < -0.39 is 16.9 Å². The number of non-ortho nitro benzene ring substituents is 1. The molecule has 1 fully saturated rings. The van der Waals surface area contributed by atoms with Gasteiger partial charge in [-0.3, -0.25) is 19.7 Å². The molecule has 1 heterocycles. The molecule has 176 valence electrons. The maximum absolute atomic E-state index is 13.1. The highest BCUT2D eigenvalue weighted by atomic mass is 35.5. The molecule has 10 heteroatoms. The van der Waals surface area contributed by atoms with Gasteiger partial charge in [0.25, 0.3) is 11.6 Å². The lowest BCUT2D eigenvalue weighted by Gasteiger charge is -2.23. The molecule has 0 saturated carbocycles.